The SMILES string of the molecule is COC(=O)c1ccc(Cn2c[n+](Cc3ccccc3)cc2-c2ccccc2)cc1. The second-order valence-electron chi connectivity index (χ2n) is 6.97. The van der Waals surface area contributed by atoms with Crippen molar-refractivity contribution in [3.63, 3.8) is 0 Å². The van der Waals surface area contributed by atoms with E-state index in [2.05, 4.69) is 70.2 Å². The molecule has 4 heteroatoms. The molecule has 0 fully saturated rings. The molecule has 0 atom stereocenters. The monoisotopic (exact) mass is 383 g/mol. The lowest BCUT2D eigenvalue weighted by Gasteiger charge is -2.04. The lowest BCUT2D eigenvalue weighted by Crippen LogP contribution is -2.31. The minimum absolute atomic E-state index is 0.316. The lowest BCUT2D eigenvalue weighted by atomic mass is 10.1. The van der Waals surface area contributed by atoms with Crippen LogP contribution in [0.15, 0.2) is 97.5 Å². The van der Waals surface area contributed by atoms with Gasteiger partial charge in [-0.25, -0.2) is 13.9 Å². The van der Waals surface area contributed by atoms with E-state index in [1.54, 1.807) is 0 Å². The van der Waals surface area contributed by atoms with E-state index in [0.717, 1.165) is 17.8 Å². The molecule has 4 rings (SSSR count). The third-order valence-corrected chi connectivity index (χ3v) is 4.89. The number of hydrogen-bond acceptors (Lipinski definition) is 2. The Morgan fingerprint density at radius 3 is 2.17 bits per heavy atom. The molecule has 0 radical (unpaired) electrons. The van der Waals surface area contributed by atoms with Crippen LogP contribution < -0.4 is 4.57 Å². The first kappa shape index (κ1) is 18.7. The van der Waals surface area contributed by atoms with Gasteiger partial charge in [0.2, 0.25) is 6.33 Å². The van der Waals surface area contributed by atoms with E-state index in [1.165, 1.54) is 18.2 Å². The summed E-state index contributed by atoms with van der Waals surface area (Å²) in [5, 5.41) is 0. The second kappa shape index (κ2) is 8.57. The van der Waals surface area contributed by atoms with Crippen molar-refractivity contribution in [3.05, 3.63) is 114 Å². The maximum atomic E-state index is 11.7. The average molecular weight is 383 g/mol. The number of carbonyl (C=O) groups excluding carboxylic acids is 1. The van der Waals surface area contributed by atoms with Crippen molar-refractivity contribution < 1.29 is 14.1 Å². The van der Waals surface area contributed by atoms with Crippen LogP contribution in [0.5, 0.6) is 0 Å². The molecule has 0 aliphatic rings. The van der Waals surface area contributed by atoms with Crippen molar-refractivity contribution in [2.24, 2.45) is 0 Å². The number of methoxy groups -OCH3 is 1. The van der Waals surface area contributed by atoms with Crippen LogP contribution >= 0.6 is 0 Å². The summed E-state index contributed by atoms with van der Waals surface area (Å²) >= 11 is 0. The number of ether oxygens (including phenoxy) is 1. The highest BCUT2D eigenvalue weighted by molar-refractivity contribution is 5.89. The molecular weight excluding hydrogens is 360 g/mol. The quantitative estimate of drug-likeness (QED) is 0.367. The third kappa shape index (κ3) is 4.43. The number of nitrogens with zero attached hydrogens (tertiary/aromatic N) is 2. The maximum Gasteiger partial charge on any atom is 0.337 e. The van der Waals surface area contributed by atoms with Crippen LogP contribution in [0.3, 0.4) is 0 Å². The Morgan fingerprint density at radius 2 is 1.52 bits per heavy atom. The number of aromatic nitrogens is 2. The van der Waals surface area contributed by atoms with Crippen LogP contribution in [0, 0.1) is 0 Å². The fraction of sp³-hybridized carbons (Fsp3) is 0.120. The average Bonchev–Trinajstić information content (AvgIpc) is 3.17. The molecule has 0 saturated heterocycles. The zero-order valence-corrected chi connectivity index (χ0v) is 16.4. The van der Waals surface area contributed by atoms with Crippen LogP contribution in [0.1, 0.15) is 21.5 Å². The van der Waals surface area contributed by atoms with E-state index in [4.69, 9.17) is 4.74 Å². The van der Waals surface area contributed by atoms with Crippen molar-refractivity contribution in [2.45, 2.75) is 13.1 Å². The van der Waals surface area contributed by atoms with Crippen LogP contribution in [0.2, 0.25) is 0 Å². The topological polar surface area (TPSA) is 35.1 Å². The van der Waals surface area contributed by atoms with E-state index >= 15 is 0 Å². The Labute approximate surface area is 170 Å². The largest absolute Gasteiger partial charge is 0.465 e. The molecule has 29 heavy (non-hydrogen) atoms. The Balaban J connectivity index is 1.64. The van der Waals surface area contributed by atoms with E-state index in [-0.39, 0.29) is 5.97 Å². The van der Waals surface area contributed by atoms with Crippen molar-refractivity contribution >= 4 is 5.97 Å². The van der Waals surface area contributed by atoms with Crippen molar-refractivity contribution in [2.75, 3.05) is 7.11 Å². The first-order valence-corrected chi connectivity index (χ1v) is 9.59. The van der Waals surface area contributed by atoms with Gasteiger partial charge in [-0.05, 0) is 23.3 Å². The fourth-order valence-electron chi connectivity index (χ4n) is 3.42. The van der Waals surface area contributed by atoms with Gasteiger partial charge in [0.25, 0.3) is 0 Å². The molecule has 1 aromatic heterocycles. The van der Waals surface area contributed by atoms with Gasteiger partial charge in [-0.3, -0.25) is 0 Å². The zero-order valence-electron chi connectivity index (χ0n) is 16.4. The molecule has 0 N–H and O–H groups in total. The number of rotatable bonds is 6. The molecule has 4 nitrogen and oxygen atoms in total. The summed E-state index contributed by atoms with van der Waals surface area (Å²) in [6.45, 7) is 1.53. The highest BCUT2D eigenvalue weighted by Gasteiger charge is 2.16. The Bertz CT molecular complexity index is 1080. The van der Waals surface area contributed by atoms with Crippen LogP contribution in [0.25, 0.3) is 11.3 Å². The first-order chi connectivity index (χ1) is 14.2. The molecule has 0 bridgehead atoms. The van der Waals surface area contributed by atoms with Gasteiger partial charge in [-0.15, -0.1) is 0 Å². The van der Waals surface area contributed by atoms with Gasteiger partial charge in [0.1, 0.15) is 19.3 Å². The minimum Gasteiger partial charge on any atom is -0.465 e. The maximum absolute atomic E-state index is 11.7. The molecule has 0 amide bonds. The number of hydrogen-bond donors (Lipinski definition) is 0. The number of benzene rings is 3. The van der Waals surface area contributed by atoms with Crippen molar-refractivity contribution in [1.82, 2.24) is 4.57 Å². The number of imidazole rings is 1. The highest BCUT2D eigenvalue weighted by atomic mass is 16.5. The van der Waals surface area contributed by atoms with E-state index in [9.17, 15) is 4.79 Å². The van der Waals surface area contributed by atoms with E-state index in [0.29, 0.717) is 12.1 Å². The number of carbonyl (C=O) groups is 1. The van der Waals surface area contributed by atoms with Gasteiger partial charge in [-0.1, -0.05) is 72.8 Å². The van der Waals surface area contributed by atoms with Crippen molar-refractivity contribution in [1.29, 1.82) is 0 Å². The fourth-order valence-corrected chi connectivity index (χ4v) is 3.42. The summed E-state index contributed by atoms with van der Waals surface area (Å²) < 4.78 is 9.23. The summed E-state index contributed by atoms with van der Waals surface area (Å²) in [4.78, 5) is 11.7. The summed E-state index contributed by atoms with van der Waals surface area (Å²) in [5.74, 6) is -0.316. The summed E-state index contributed by atoms with van der Waals surface area (Å²) in [6.07, 6.45) is 4.33. The molecule has 0 aliphatic carbocycles. The second-order valence-corrected chi connectivity index (χ2v) is 6.97. The van der Waals surface area contributed by atoms with Crippen molar-refractivity contribution in [3.8, 4) is 11.3 Å². The van der Waals surface area contributed by atoms with Gasteiger partial charge < -0.3 is 4.74 Å². The minimum atomic E-state index is -0.316. The van der Waals surface area contributed by atoms with Gasteiger partial charge >= 0.3 is 5.97 Å². The molecule has 0 saturated carbocycles. The van der Waals surface area contributed by atoms with Crippen LogP contribution in [0.4, 0.5) is 0 Å². The smallest absolute Gasteiger partial charge is 0.337 e. The Morgan fingerprint density at radius 1 is 0.862 bits per heavy atom. The molecule has 0 spiro atoms. The molecule has 0 aliphatic heterocycles. The standard InChI is InChI=1S/C25H23N2O2/c1-29-25(28)23-14-12-21(13-15-23)17-27-19-26(16-20-8-4-2-5-9-20)18-24(27)22-10-6-3-7-11-22/h2-15,18-19H,16-17H2,1H3/q+1. The van der Waals surface area contributed by atoms with Gasteiger partial charge in [-0.2, -0.15) is 0 Å². The molecule has 0 unspecified atom stereocenters. The highest BCUT2D eigenvalue weighted by Crippen LogP contribution is 2.19. The summed E-state index contributed by atoms with van der Waals surface area (Å²) in [7, 11) is 1.40. The predicted molar refractivity (Wildman–Crippen MR) is 112 cm³/mol. The Kier molecular flexibility index (Phi) is 5.52. The molecule has 1 heterocycles. The number of esters is 1. The molecule has 4 aromatic rings. The molecule has 144 valence electrons. The summed E-state index contributed by atoms with van der Waals surface area (Å²) in [5.41, 5.74) is 5.27. The third-order valence-electron chi connectivity index (χ3n) is 4.89. The normalized spacial score (nSPS) is 10.7. The lowest BCUT2D eigenvalue weighted by molar-refractivity contribution is -0.687. The zero-order chi connectivity index (χ0) is 20.1. The predicted octanol–water partition coefficient (Wildman–Crippen LogP) is 4.33. The first-order valence-electron chi connectivity index (χ1n) is 9.59. The van der Waals surface area contributed by atoms with Gasteiger partial charge in [0.15, 0.2) is 5.69 Å². The van der Waals surface area contributed by atoms with E-state index in [1.807, 2.05) is 36.4 Å². The van der Waals surface area contributed by atoms with Crippen LogP contribution in [-0.2, 0) is 17.8 Å². The summed E-state index contributed by atoms with van der Waals surface area (Å²) in [6, 6.07) is 28.4. The van der Waals surface area contributed by atoms with Gasteiger partial charge in [0, 0.05) is 5.56 Å². The van der Waals surface area contributed by atoms with Crippen LogP contribution in [-0.4, -0.2) is 17.6 Å². The van der Waals surface area contributed by atoms with Gasteiger partial charge in [0.05, 0.1) is 12.7 Å². The Hall–Kier alpha value is -3.66. The molecular formula is C25H23N2O2+. The molecule has 3 aromatic carbocycles. The van der Waals surface area contributed by atoms with E-state index < -0.39 is 0 Å².